The first-order valence-electron chi connectivity index (χ1n) is 10.4. The van der Waals surface area contributed by atoms with Crippen LogP contribution in [-0.4, -0.2) is 52.4 Å². The molecule has 0 saturated carbocycles. The Morgan fingerprint density at radius 2 is 2.03 bits per heavy atom. The van der Waals surface area contributed by atoms with Crippen LogP contribution in [0.5, 0.6) is 0 Å². The van der Waals surface area contributed by atoms with Crippen molar-refractivity contribution in [2.75, 3.05) is 19.6 Å². The van der Waals surface area contributed by atoms with E-state index < -0.39 is 17.6 Å². The number of benzene rings is 1. The maximum atomic E-state index is 13.6. The van der Waals surface area contributed by atoms with Gasteiger partial charge in [0, 0.05) is 31.2 Å². The third-order valence-electron chi connectivity index (χ3n) is 6.10. The van der Waals surface area contributed by atoms with Gasteiger partial charge in [-0.3, -0.25) is 14.4 Å². The number of aromatic nitrogens is 1. The molecule has 1 saturated heterocycles. The molecule has 0 bridgehead atoms. The number of aryl methyl sites for hydroxylation is 1. The minimum Gasteiger partial charge on any atom is -0.461 e. The number of hydrogen-bond donors (Lipinski definition) is 1. The van der Waals surface area contributed by atoms with Crippen molar-refractivity contribution in [3.63, 3.8) is 0 Å². The van der Waals surface area contributed by atoms with Crippen LogP contribution in [0, 0.1) is 6.92 Å². The average Bonchev–Trinajstić information content (AvgIpc) is 3.36. The molecule has 2 aliphatic rings. The molecule has 1 N–H and O–H groups in total. The summed E-state index contributed by atoms with van der Waals surface area (Å²) >= 11 is 0. The lowest BCUT2D eigenvalue weighted by molar-refractivity contribution is 0.0734. The lowest BCUT2D eigenvalue weighted by Crippen LogP contribution is -2.40. The third kappa shape index (κ3) is 3.32. The molecule has 0 aliphatic carbocycles. The second kappa shape index (κ2) is 7.37. The zero-order valence-corrected chi connectivity index (χ0v) is 17.1. The van der Waals surface area contributed by atoms with Crippen molar-refractivity contribution in [2.45, 2.75) is 32.5 Å². The van der Waals surface area contributed by atoms with E-state index in [1.54, 1.807) is 17.2 Å². The monoisotopic (exact) mass is 423 g/mol. The number of alkyl halides is 1. The molecule has 2 aromatic heterocycles. The van der Waals surface area contributed by atoms with E-state index in [1.807, 2.05) is 25.1 Å². The lowest BCUT2D eigenvalue weighted by atomic mass is 9.95. The standard InChI is InChI=1S/C23H22FN3O4/c1-13-9-14-3-2-4-18(20(14)31-13)22(29)26-8-6-17-15(11-26)10-25-21(28)19(17)23(30)27-7-5-16(24)12-27/h2-4,9-10,16H,5-8,11-12H2,1H3,(H,25,28)/t16-/m0/s1. The SMILES string of the molecule is Cc1cc2cccc(C(=O)N3CCc4c(c[nH]c(=O)c4C(=O)N4CC[C@H](F)C4)C3)c2o1. The Hall–Kier alpha value is -3.42. The summed E-state index contributed by atoms with van der Waals surface area (Å²) in [5.74, 6) is 0.135. The molecule has 8 heteroatoms. The number of rotatable bonds is 2. The number of furan rings is 1. The largest absolute Gasteiger partial charge is 0.461 e. The molecule has 0 unspecified atom stereocenters. The Labute approximate surface area is 177 Å². The van der Waals surface area contributed by atoms with E-state index in [2.05, 4.69) is 4.98 Å². The average molecular weight is 423 g/mol. The van der Waals surface area contributed by atoms with Crippen molar-refractivity contribution in [3.8, 4) is 0 Å². The number of carbonyl (C=O) groups excluding carboxylic acids is 2. The highest BCUT2D eigenvalue weighted by Crippen LogP contribution is 2.27. The molecular formula is C23H22FN3O4. The van der Waals surface area contributed by atoms with Gasteiger partial charge in [0.1, 0.15) is 23.1 Å². The number of nitrogens with zero attached hydrogens (tertiary/aromatic N) is 2. The van der Waals surface area contributed by atoms with Gasteiger partial charge >= 0.3 is 0 Å². The first-order valence-corrected chi connectivity index (χ1v) is 10.4. The molecule has 2 amide bonds. The van der Waals surface area contributed by atoms with Crippen molar-refractivity contribution < 1.29 is 18.4 Å². The maximum Gasteiger partial charge on any atom is 0.261 e. The second-order valence-electron chi connectivity index (χ2n) is 8.19. The molecule has 0 radical (unpaired) electrons. The molecule has 0 spiro atoms. The third-order valence-corrected chi connectivity index (χ3v) is 6.10. The number of carbonyl (C=O) groups is 2. The minimum absolute atomic E-state index is 0.0130. The lowest BCUT2D eigenvalue weighted by Gasteiger charge is -2.30. The summed E-state index contributed by atoms with van der Waals surface area (Å²) in [7, 11) is 0. The van der Waals surface area contributed by atoms with Gasteiger partial charge in [0.25, 0.3) is 17.4 Å². The fourth-order valence-electron chi connectivity index (χ4n) is 4.56. The molecule has 160 valence electrons. The highest BCUT2D eigenvalue weighted by atomic mass is 19.1. The van der Waals surface area contributed by atoms with Crippen molar-refractivity contribution in [1.29, 1.82) is 0 Å². The highest BCUT2D eigenvalue weighted by Gasteiger charge is 2.33. The van der Waals surface area contributed by atoms with Crippen molar-refractivity contribution in [1.82, 2.24) is 14.8 Å². The number of fused-ring (bicyclic) bond motifs is 2. The normalized spacial score (nSPS) is 18.5. The molecular weight excluding hydrogens is 401 g/mol. The van der Waals surface area contributed by atoms with Gasteiger partial charge in [0.15, 0.2) is 0 Å². The van der Waals surface area contributed by atoms with E-state index in [0.29, 0.717) is 42.6 Å². The Morgan fingerprint density at radius 1 is 1.19 bits per heavy atom. The summed E-state index contributed by atoms with van der Waals surface area (Å²) in [6.07, 6.45) is 1.18. The van der Waals surface area contributed by atoms with Gasteiger partial charge in [-0.15, -0.1) is 0 Å². The smallest absolute Gasteiger partial charge is 0.261 e. The van der Waals surface area contributed by atoms with Crippen molar-refractivity contribution in [3.05, 3.63) is 68.8 Å². The van der Waals surface area contributed by atoms with Crippen molar-refractivity contribution >= 4 is 22.8 Å². The van der Waals surface area contributed by atoms with Gasteiger partial charge < -0.3 is 19.2 Å². The number of halogens is 1. The molecule has 1 atom stereocenters. The molecule has 3 aromatic rings. The van der Waals surface area contributed by atoms with Crippen LogP contribution in [0.15, 0.2) is 39.7 Å². The van der Waals surface area contributed by atoms with Gasteiger partial charge in [0.2, 0.25) is 0 Å². The first kappa shape index (κ1) is 19.5. The molecule has 31 heavy (non-hydrogen) atoms. The quantitative estimate of drug-likeness (QED) is 0.687. The molecule has 1 aromatic carbocycles. The van der Waals surface area contributed by atoms with Gasteiger partial charge in [-0.2, -0.15) is 0 Å². The zero-order valence-electron chi connectivity index (χ0n) is 17.1. The molecule has 5 rings (SSSR count). The molecule has 4 heterocycles. The van der Waals surface area contributed by atoms with Crippen LogP contribution in [0.3, 0.4) is 0 Å². The van der Waals surface area contributed by atoms with Crippen LogP contribution in [0.1, 0.15) is 44.0 Å². The Bertz CT molecular complexity index is 1260. The van der Waals surface area contributed by atoms with E-state index >= 15 is 0 Å². The van der Waals surface area contributed by atoms with E-state index in [-0.39, 0.29) is 24.6 Å². The second-order valence-corrected chi connectivity index (χ2v) is 8.19. The number of aromatic amines is 1. The molecule has 2 aliphatic heterocycles. The summed E-state index contributed by atoms with van der Waals surface area (Å²) in [6, 6.07) is 7.36. The number of amides is 2. The molecule has 1 fully saturated rings. The Kier molecular flexibility index (Phi) is 4.64. The number of para-hydroxylation sites is 1. The van der Waals surface area contributed by atoms with E-state index in [4.69, 9.17) is 4.42 Å². The van der Waals surface area contributed by atoms with Gasteiger partial charge in [-0.05, 0) is 43.0 Å². The van der Waals surface area contributed by atoms with Crippen LogP contribution >= 0.6 is 0 Å². The van der Waals surface area contributed by atoms with Gasteiger partial charge in [-0.25, -0.2) is 4.39 Å². The number of hydrogen-bond acceptors (Lipinski definition) is 4. The predicted molar refractivity (Wildman–Crippen MR) is 112 cm³/mol. The Balaban J connectivity index is 1.45. The summed E-state index contributed by atoms with van der Waals surface area (Å²) in [6.45, 7) is 2.80. The van der Waals surface area contributed by atoms with E-state index in [1.165, 1.54) is 4.90 Å². The highest BCUT2D eigenvalue weighted by molar-refractivity contribution is 6.05. The molecule has 7 nitrogen and oxygen atoms in total. The summed E-state index contributed by atoms with van der Waals surface area (Å²) in [5, 5.41) is 0.870. The Morgan fingerprint density at radius 3 is 2.81 bits per heavy atom. The number of likely N-dealkylation sites (tertiary alicyclic amines) is 1. The minimum atomic E-state index is -1.05. The maximum absolute atomic E-state index is 13.6. The van der Waals surface area contributed by atoms with Gasteiger partial charge in [0.05, 0.1) is 12.1 Å². The first-order chi connectivity index (χ1) is 14.9. The summed E-state index contributed by atoms with van der Waals surface area (Å²) in [5.41, 5.74) is 2.02. The van der Waals surface area contributed by atoms with Gasteiger partial charge in [-0.1, -0.05) is 12.1 Å². The topological polar surface area (TPSA) is 86.6 Å². The van der Waals surface area contributed by atoms with Crippen LogP contribution in [0.2, 0.25) is 0 Å². The van der Waals surface area contributed by atoms with Crippen molar-refractivity contribution in [2.24, 2.45) is 0 Å². The predicted octanol–water partition coefficient (Wildman–Crippen LogP) is 2.81. The number of H-pyrrole nitrogens is 1. The number of pyridine rings is 1. The van der Waals surface area contributed by atoms with Crippen LogP contribution in [0.4, 0.5) is 4.39 Å². The van der Waals surface area contributed by atoms with E-state index in [0.717, 1.165) is 16.7 Å². The van der Waals surface area contributed by atoms with Crippen LogP contribution < -0.4 is 5.56 Å². The van der Waals surface area contributed by atoms with Crippen LogP contribution in [0.25, 0.3) is 11.0 Å². The number of nitrogens with one attached hydrogen (secondary N) is 1. The van der Waals surface area contributed by atoms with E-state index in [9.17, 15) is 18.8 Å². The summed E-state index contributed by atoms with van der Waals surface area (Å²) < 4.78 is 19.3. The van der Waals surface area contributed by atoms with Crippen LogP contribution in [-0.2, 0) is 13.0 Å². The zero-order chi connectivity index (χ0) is 21.7. The fourth-order valence-corrected chi connectivity index (χ4v) is 4.56. The fraction of sp³-hybridized carbons (Fsp3) is 0.348. The summed E-state index contributed by atoms with van der Waals surface area (Å²) in [4.78, 5) is 44.3.